The van der Waals surface area contributed by atoms with Gasteiger partial charge in [-0.05, 0) is 51.1 Å². The second kappa shape index (κ2) is 7.44. The number of piperidine rings is 1. The fourth-order valence-electron chi connectivity index (χ4n) is 3.66. The number of hydrogen-bond acceptors (Lipinski definition) is 4. The van der Waals surface area contributed by atoms with Crippen LogP contribution in [-0.2, 0) is 6.54 Å². The number of hydrogen-bond donors (Lipinski definition) is 1. The van der Waals surface area contributed by atoms with Gasteiger partial charge in [0.15, 0.2) is 0 Å². The topological polar surface area (TPSA) is 66.8 Å². The summed E-state index contributed by atoms with van der Waals surface area (Å²) in [5.41, 5.74) is 2.64. The Labute approximate surface area is 156 Å². The van der Waals surface area contributed by atoms with Gasteiger partial charge < -0.3 is 4.98 Å². The summed E-state index contributed by atoms with van der Waals surface area (Å²) in [6, 6.07) is 8.03. The minimum atomic E-state index is -0.268. The number of nitrogens with one attached hydrogen (secondary N) is 1. The Bertz CT molecular complexity index is 988. The van der Waals surface area contributed by atoms with E-state index in [9.17, 15) is 9.18 Å². The first-order valence-electron chi connectivity index (χ1n) is 9.16. The molecule has 1 saturated heterocycles. The van der Waals surface area contributed by atoms with Crippen molar-refractivity contribution in [1.29, 1.82) is 0 Å². The van der Waals surface area contributed by atoms with Gasteiger partial charge in [-0.25, -0.2) is 14.1 Å². The minimum Gasteiger partial charge on any atom is -0.311 e. The summed E-state index contributed by atoms with van der Waals surface area (Å²) in [4.78, 5) is 21.2. The number of benzene rings is 1. The van der Waals surface area contributed by atoms with Gasteiger partial charge in [0.1, 0.15) is 11.6 Å². The number of nitrogens with zero attached hydrogens (tertiary/aromatic N) is 4. The van der Waals surface area contributed by atoms with Crippen molar-refractivity contribution in [3.8, 4) is 5.69 Å². The molecule has 3 aromatic rings. The first kappa shape index (κ1) is 17.6. The maximum Gasteiger partial charge on any atom is 0.251 e. The van der Waals surface area contributed by atoms with E-state index in [2.05, 4.69) is 20.0 Å². The van der Waals surface area contributed by atoms with Crippen LogP contribution in [0.25, 0.3) is 5.69 Å². The fourth-order valence-corrected chi connectivity index (χ4v) is 3.66. The smallest absolute Gasteiger partial charge is 0.251 e. The van der Waals surface area contributed by atoms with Gasteiger partial charge >= 0.3 is 0 Å². The van der Waals surface area contributed by atoms with Crippen LogP contribution in [-0.4, -0.2) is 37.7 Å². The average Bonchev–Trinajstić information content (AvgIpc) is 3.10. The van der Waals surface area contributed by atoms with Gasteiger partial charge in [-0.15, -0.1) is 0 Å². The number of halogens is 1. The van der Waals surface area contributed by atoms with E-state index in [0.717, 1.165) is 49.4 Å². The largest absolute Gasteiger partial charge is 0.311 e. The van der Waals surface area contributed by atoms with Gasteiger partial charge in [0, 0.05) is 30.3 Å². The quantitative estimate of drug-likeness (QED) is 0.770. The van der Waals surface area contributed by atoms with Gasteiger partial charge in [0.25, 0.3) is 5.56 Å². The monoisotopic (exact) mass is 367 g/mol. The van der Waals surface area contributed by atoms with Crippen molar-refractivity contribution >= 4 is 0 Å². The van der Waals surface area contributed by atoms with E-state index >= 15 is 0 Å². The van der Waals surface area contributed by atoms with E-state index in [1.807, 2.05) is 25.4 Å². The highest BCUT2D eigenvalue weighted by Crippen LogP contribution is 2.26. The fraction of sp³-hybridized carbons (Fsp3) is 0.350. The second-order valence-corrected chi connectivity index (χ2v) is 7.08. The molecule has 1 fully saturated rings. The molecule has 6 nitrogen and oxygen atoms in total. The lowest BCUT2D eigenvalue weighted by Gasteiger charge is -2.31. The summed E-state index contributed by atoms with van der Waals surface area (Å²) in [5.74, 6) is 0.733. The van der Waals surface area contributed by atoms with Crippen molar-refractivity contribution in [3.63, 3.8) is 0 Å². The third-order valence-corrected chi connectivity index (χ3v) is 5.00. The molecule has 2 aromatic heterocycles. The van der Waals surface area contributed by atoms with Crippen LogP contribution in [0.2, 0.25) is 0 Å². The van der Waals surface area contributed by atoms with Crippen molar-refractivity contribution in [1.82, 2.24) is 24.6 Å². The maximum atomic E-state index is 13.4. The molecule has 0 radical (unpaired) electrons. The summed E-state index contributed by atoms with van der Waals surface area (Å²) >= 11 is 0. The van der Waals surface area contributed by atoms with Gasteiger partial charge in [0.2, 0.25) is 0 Å². The van der Waals surface area contributed by atoms with E-state index in [0.29, 0.717) is 11.7 Å². The molecule has 0 bridgehead atoms. The average molecular weight is 367 g/mol. The normalized spacial score (nSPS) is 15.9. The Morgan fingerprint density at radius 3 is 2.81 bits per heavy atom. The molecule has 0 aliphatic carbocycles. The highest BCUT2D eigenvalue weighted by molar-refractivity contribution is 5.31. The molecule has 1 aromatic carbocycles. The summed E-state index contributed by atoms with van der Waals surface area (Å²) in [5, 5.41) is 4.35. The van der Waals surface area contributed by atoms with Crippen molar-refractivity contribution in [3.05, 3.63) is 76.0 Å². The van der Waals surface area contributed by atoms with E-state index in [4.69, 9.17) is 0 Å². The number of aromatic amines is 1. The molecule has 1 aliphatic heterocycles. The lowest BCUT2D eigenvalue weighted by atomic mass is 9.93. The Kier molecular flexibility index (Phi) is 4.85. The van der Waals surface area contributed by atoms with Crippen LogP contribution >= 0.6 is 0 Å². The van der Waals surface area contributed by atoms with Crippen LogP contribution < -0.4 is 5.56 Å². The lowest BCUT2D eigenvalue weighted by molar-refractivity contribution is 0.203. The van der Waals surface area contributed by atoms with E-state index in [-0.39, 0.29) is 11.4 Å². The lowest BCUT2D eigenvalue weighted by Crippen LogP contribution is -2.33. The minimum absolute atomic E-state index is 0.0790. The predicted molar refractivity (Wildman–Crippen MR) is 100 cm³/mol. The Morgan fingerprint density at radius 1 is 1.26 bits per heavy atom. The Balaban J connectivity index is 1.38. The molecule has 0 atom stereocenters. The van der Waals surface area contributed by atoms with Gasteiger partial charge in [-0.3, -0.25) is 9.69 Å². The van der Waals surface area contributed by atoms with Gasteiger partial charge in [0.05, 0.1) is 17.6 Å². The molecule has 140 valence electrons. The second-order valence-electron chi connectivity index (χ2n) is 7.08. The molecule has 27 heavy (non-hydrogen) atoms. The Morgan fingerprint density at radius 2 is 2.07 bits per heavy atom. The maximum absolute atomic E-state index is 13.4. The Hall–Kier alpha value is -2.80. The molecule has 4 rings (SSSR count). The van der Waals surface area contributed by atoms with Crippen LogP contribution in [0.3, 0.4) is 0 Å². The SMILES string of the molecule is Cc1nc(C2CCN(Cc3cnn(-c4cccc(F)c4)c3)CC2)cc(=O)[nH]1. The predicted octanol–water partition coefficient (Wildman–Crippen LogP) is 2.78. The molecule has 0 spiro atoms. The van der Waals surface area contributed by atoms with Gasteiger partial charge in [-0.2, -0.15) is 5.10 Å². The van der Waals surface area contributed by atoms with Crippen LogP contribution in [0.4, 0.5) is 4.39 Å². The zero-order valence-electron chi connectivity index (χ0n) is 15.2. The summed E-state index contributed by atoms with van der Waals surface area (Å²) < 4.78 is 15.1. The third kappa shape index (κ3) is 4.14. The summed E-state index contributed by atoms with van der Waals surface area (Å²) in [7, 11) is 0. The molecule has 0 amide bonds. The van der Waals surface area contributed by atoms with Crippen LogP contribution in [0, 0.1) is 12.7 Å². The van der Waals surface area contributed by atoms with Crippen LogP contribution in [0.1, 0.15) is 35.8 Å². The molecule has 0 saturated carbocycles. The van der Waals surface area contributed by atoms with Gasteiger partial charge in [-0.1, -0.05) is 6.07 Å². The number of aromatic nitrogens is 4. The van der Waals surface area contributed by atoms with Crippen molar-refractivity contribution in [2.45, 2.75) is 32.2 Å². The molecule has 1 N–H and O–H groups in total. The first-order chi connectivity index (χ1) is 13.1. The summed E-state index contributed by atoms with van der Waals surface area (Å²) in [6.45, 7) is 4.52. The zero-order chi connectivity index (χ0) is 18.8. The standard InChI is InChI=1S/C20H22FN5O/c1-14-23-19(10-20(27)24-14)16-5-7-25(8-6-16)12-15-11-22-26(13-15)18-4-2-3-17(21)9-18/h2-4,9-11,13,16H,5-8,12H2,1H3,(H,23,24,27). The molecular weight excluding hydrogens is 345 g/mol. The highest BCUT2D eigenvalue weighted by Gasteiger charge is 2.22. The van der Waals surface area contributed by atoms with E-state index in [1.54, 1.807) is 16.8 Å². The summed E-state index contributed by atoms with van der Waals surface area (Å²) in [6.07, 6.45) is 5.74. The number of H-pyrrole nitrogens is 1. The molecule has 3 heterocycles. The van der Waals surface area contributed by atoms with E-state index in [1.165, 1.54) is 12.1 Å². The number of aryl methyl sites for hydroxylation is 1. The highest BCUT2D eigenvalue weighted by atomic mass is 19.1. The number of rotatable bonds is 4. The van der Waals surface area contributed by atoms with Crippen molar-refractivity contribution in [2.75, 3.05) is 13.1 Å². The molecule has 0 unspecified atom stereocenters. The van der Waals surface area contributed by atoms with Crippen LogP contribution in [0.5, 0.6) is 0 Å². The van der Waals surface area contributed by atoms with Crippen molar-refractivity contribution < 1.29 is 4.39 Å². The van der Waals surface area contributed by atoms with Crippen LogP contribution in [0.15, 0.2) is 47.5 Å². The zero-order valence-corrected chi connectivity index (χ0v) is 15.2. The van der Waals surface area contributed by atoms with Crippen molar-refractivity contribution in [2.24, 2.45) is 0 Å². The van der Waals surface area contributed by atoms with E-state index < -0.39 is 0 Å². The molecule has 7 heteroatoms. The first-order valence-corrected chi connectivity index (χ1v) is 9.16. The number of likely N-dealkylation sites (tertiary alicyclic amines) is 1. The molecule has 1 aliphatic rings. The molecular formula is C20H22FN5O. The third-order valence-electron chi connectivity index (χ3n) is 5.00.